The van der Waals surface area contributed by atoms with Crippen molar-refractivity contribution < 1.29 is 4.79 Å². The summed E-state index contributed by atoms with van der Waals surface area (Å²) in [6.45, 7) is 7.78. The highest BCUT2D eigenvalue weighted by molar-refractivity contribution is 9.10. The van der Waals surface area contributed by atoms with Crippen molar-refractivity contribution in [3.8, 4) is 0 Å². The van der Waals surface area contributed by atoms with Crippen LogP contribution in [0, 0.1) is 13.8 Å². The molecule has 0 spiro atoms. The number of anilines is 1. The van der Waals surface area contributed by atoms with Crippen LogP contribution in [0.25, 0.3) is 0 Å². The molecule has 1 aliphatic heterocycles. The molecule has 1 aromatic heterocycles. The molecular formula is C23H24BrClN4O. The molecule has 0 unspecified atom stereocenters. The molecule has 0 N–H and O–H groups in total. The number of aromatic nitrogens is 2. The summed E-state index contributed by atoms with van der Waals surface area (Å²) >= 11 is 9.54. The average molecular weight is 488 g/mol. The molecule has 1 aliphatic rings. The third-order valence-corrected chi connectivity index (χ3v) is 6.98. The fraction of sp³-hybridized carbons (Fsp3) is 0.304. The number of piperazine rings is 1. The molecule has 3 aromatic rings. The minimum Gasteiger partial charge on any atom is -0.368 e. The highest BCUT2D eigenvalue weighted by atomic mass is 79.9. The average Bonchev–Trinajstić information content (AvgIpc) is 3.01. The first-order chi connectivity index (χ1) is 14.4. The van der Waals surface area contributed by atoms with E-state index in [1.165, 1.54) is 0 Å². The van der Waals surface area contributed by atoms with E-state index in [0.717, 1.165) is 50.8 Å². The number of benzene rings is 2. The smallest absolute Gasteiger partial charge is 0.253 e. The topological polar surface area (TPSA) is 41.4 Å². The quantitative estimate of drug-likeness (QED) is 0.524. The normalized spacial score (nSPS) is 14.3. The van der Waals surface area contributed by atoms with Gasteiger partial charge in [0.1, 0.15) is 0 Å². The molecule has 0 radical (unpaired) electrons. The molecule has 0 atom stereocenters. The van der Waals surface area contributed by atoms with Crippen LogP contribution in [0.15, 0.2) is 53.0 Å². The summed E-state index contributed by atoms with van der Waals surface area (Å²) in [5, 5.41) is 5.29. The zero-order chi connectivity index (χ0) is 21.3. The summed E-state index contributed by atoms with van der Waals surface area (Å²) in [5.41, 5.74) is 5.08. The molecule has 1 fully saturated rings. The molecule has 5 nitrogen and oxygen atoms in total. The van der Waals surface area contributed by atoms with Gasteiger partial charge in [-0.2, -0.15) is 5.10 Å². The first kappa shape index (κ1) is 20.9. The van der Waals surface area contributed by atoms with Crippen LogP contribution in [0.1, 0.15) is 27.3 Å². The highest BCUT2D eigenvalue weighted by Crippen LogP contribution is 2.22. The van der Waals surface area contributed by atoms with Crippen molar-refractivity contribution in [2.75, 3.05) is 31.1 Å². The van der Waals surface area contributed by atoms with Crippen LogP contribution in [0.2, 0.25) is 5.02 Å². The molecule has 2 aromatic carbocycles. The summed E-state index contributed by atoms with van der Waals surface area (Å²) in [7, 11) is 0. The maximum Gasteiger partial charge on any atom is 0.253 e. The van der Waals surface area contributed by atoms with Crippen LogP contribution in [-0.4, -0.2) is 46.8 Å². The second kappa shape index (κ2) is 8.82. The summed E-state index contributed by atoms with van der Waals surface area (Å²) in [6, 6.07) is 15.7. The Morgan fingerprint density at radius 2 is 1.63 bits per heavy atom. The minimum absolute atomic E-state index is 0.0890. The van der Waals surface area contributed by atoms with E-state index in [1.54, 1.807) is 0 Å². The van der Waals surface area contributed by atoms with Crippen LogP contribution >= 0.6 is 27.5 Å². The molecule has 0 bridgehead atoms. The summed E-state index contributed by atoms with van der Waals surface area (Å²) in [4.78, 5) is 17.1. The lowest BCUT2D eigenvalue weighted by Gasteiger charge is -2.36. The van der Waals surface area contributed by atoms with Gasteiger partial charge in [-0.05, 0) is 71.7 Å². The van der Waals surface area contributed by atoms with Crippen LogP contribution in [-0.2, 0) is 6.54 Å². The number of hydrogen-bond donors (Lipinski definition) is 0. The van der Waals surface area contributed by atoms with Crippen molar-refractivity contribution >= 4 is 39.1 Å². The van der Waals surface area contributed by atoms with Crippen molar-refractivity contribution in [3.05, 3.63) is 80.5 Å². The number of hydrogen-bond acceptors (Lipinski definition) is 3. The Balaban J connectivity index is 1.37. The van der Waals surface area contributed by atoms with E-state index in [4.69, 9.17) is 11.6 Å². The molecule has 30 heavy (non-hydrogen) atoms. The number of aryl methyl sites for hydroxylation is 1. The maximum atomic E-state index is 12.9. The predicted octanol–water partition coefficient (Wildman–Crippen LogP) is 4.93. The number of carbonyl (C=O) groups excluding carboxylic acids is 1. The van der Waals surface area contributed by atoms with Crippen LogP contribution in [0.4, 0.5) is 5.69 Å². The predicted molar refractivity (Wildman–Crippen MR) is 125 cm³/mol. The van der Waals surface area contributed by atoms with Crippen molar-refractivity contribution in [2.45, 2.75) is 20.4 Å². The van der Waals surface area contributed by atoms with E-state index in [9.17, 15) is 4.79 Å². The van der Waals surface area contributed by atoms with Gasteiger partial charge in [-0.1, -0.05) is 23.7 Å². The Labute approximate surface area is 190 Å². The zero-order valence-corrected chi connectivity index (χ0v) is 19.4. The lowest BCUT2D eigenvalue weighted by atomic mass is 10.1. The van der Waals surface area contributed by atoms with Gasteiger partial charge in [-0.15, -0.1) is 0 Å². The lowest BCUT2D eigenvalue weighted by Crippen LogP contribution is -2.48. The molecule has 1 saturated heterocycles. The lowest BCUT2D eigenvalue weighted by molar-refractivity contribution is 0.0747. The number of rotatable bonds is 4. The molecule has 0 aliphatic carbocycles. The van der Waals surface area contributed by atoms with Gasteiger partial charge < -0.3 is 9.80 Å². The van der Waals surface area contributed by atoms with Gasteiger partial charge in [-0.25, -0.2) is 0 Å². The molecule has 2 heterocycles. The SMILES string of the molecule is Cc1nn(Cc2ccc(C(=O)N3CCN(c4ccc(Cl)cc4)CC3)cc2)c(C)c1Br. The molecule has 0 saturated carbocycles. The van der Waals surface area contributed by atoms with E-state index >= 15 is 0 Å². The van der Waals surface area contributed by atoms with Gasteiger partial charge in [0.05, 0.1) is 22.4 Å². The Kier molecular flexibility index (Phi) is 6.16. The Bertz CT molecular complexity index is 1040. The van der Waals surface area contributed by atoms with E-state index in [-0.39, 0.29) is 5.91 Å². The van der Waals surface area contributed by atoms with Crippen LogP contribution < -0.4 is 4.90 Å². The first-order valence-corrected chi connectivity index (χ1v) is 11.2. The van der Waals surface area contributed by atoms with E-state index in [1.807, 2.05) is 72.0 Å². The summed E-state index contributed by atoms with van der Waals surface area (Å²) in [6.07, 6.45) is 0. The highest BCUT2D eigenvalue weighted by Gasteiger charge is 2.22. The van der Waals surface area contributed by atoms with Crippen molar-refractivity contribution in [1.29, 1.82) is 0 Å². The van der Waals surface area contributed by atoms with Gasteiger partial charge in [0.15, 0.2) is 0 Å². The molecular weight excluding hydrogens is 464 g/mol. The van der Waals surface area contributed by atoms with E-state index in [2.05, 4.69) is 25.9 Å². The molecule has 1 amide bonds. The van der Waals surface area contributed by atoms with Crippen LogP contribution in [0.5, 0.6) is 0 Å². The fourth-order valence-corrected chi connectivity index (χ4v) is 4.17. The second-order valence-electron chi connectivity index (χ2n) is 7.60. The van der Waals surface area contributed by atoms with E-state index < -0.39 is 0 Å². The van der Waals surface area contributed by atoms with Gasteiger partial charge in [-0.3, -0.25) is 9.48 Å². The second-order valence-corrected chi connectivity index (χ2v) is 8.82. The monoisotopic (exact) mass is 486 g/mol. The summed E-state index contributed by atoms with van der Waals surface area (Å²) < 4.78 is 3.03. The first-order valence-electron chi connectivity index (χ1n) is 10.0. The zero-order valence-electron chi connectivity index (χ0n) is 17.1. The van der Waals surface area contributed by atoms with Gasteiger partial charge in [0, 0.05) is 42.5 Å². The Morgan fingerprint density at radius 3 is 2.20 bits per heavy atom. The molecule has 4 rings (SSSR count). The summed E-state index contributed by atoms with van der Waals surface area (Å²) in [5.74, 6) is 0.0890. The van der Waals surface area contributed by atoms with Crippen LogP contribution in [0.3, 0.4) is 0 Å². The molecule has 156 valence electrons. The van der Waals surface area contributed by atoms with Gasteiger partial charge >= 0.3 is 0 Å². The number of halogens is 2. The number of carbonyl (C=O) groups is 1. The Hall–Kier alpha value is -2.31. The minimum atomic E-state index is 0.0890. The van der Waals surface area contributed by atoms with Gasteiger partial charge in [0.25, 0.3) is 5.91 Å². The molecule has 7 heteroatoms. The number of amides is 1. The fourth-order valence-electron chi connectivity index (χ4n) is 3.76. The maximum absolute atomic E-state index is 12.9. The van der Waals surface area contributed by atoms with Gasteiger partial charge in [0.2, 0.25) is 0 Å². The van der Waals surface area contributed by atoms with E-state index in [0.29, 0.717) is 19.6 Å². The number of nitrogens with zero attached hydrogens (tertiary/aromatic N) is 4. The van der Waals surface area contributed by atoms with Crippen molar-refractivity contribution in [3.63, 3.8) is 0 Å². The Morgan fingerprint density at radius 1 is 1.00 bits per heavy atom. The van der Waals surface area contributed by atoms with Crippen molar-refractivity contribution in [2.24, 2.45) is 0 Å². The third kappa shape index (κ3) is 4.40. The third-order valence-electron chi connectivity index (χ3n) is 5.59. The largest absolute Gasteiger partial charge is 0.368 e. The van der Waals surface area contributed by atoms with Crippen molar-refractivity contribution in [1.82, 2.24) is 14.7 Å². The standard InChI is InChI=1S/C23H24BrClN4O/c1-16-22(24)17(2)29(26-16)15-18-3-5-19(6-4-18)23(30)28-13-11-27(12-14-28)21-9-7-20(25)8-10-21/h3-10H,11-15H2,1-2H3.